The van der Waals surface area contributed by atoms with E-state index in [1.165, 1.54) is 18.9 Å². The Hall–Kier alpha value is -2.51. The normalized spacial score (nSPS) is 26.3. The maximum atomic E-state index is 12.1. The molecule has 3 aromatic rings. The van der Waals surface area contributed by atoms with Crippen molar-refractivity contribution in [3.05, 3.63) is 50.4 Å². The van der Waals surface area contributed by atoms with E-state index in [0.717, 1.165) is 10.6 Å². The van der Waals surface area contributed by atoms with Crippen molar-refractivity contribution in [2.45, 2.75) is 49.7 Å². The third kappa shape index (κ3) is 8.45. The number of aromatic nitrogens is 6. The number of imidazole rings is 1. The maximum absolute atomic E-state index is 12.1. The fourth-order valence-electron chi connectivity index (χ4n) is 4.33. The monoisotopic (exact) mass is 730 g/mol. The summed E-state index contributed by atoms with van der Waals surface area (Å²) >= 11 is 5.12. The van der Waals surface area contributed by atoms with Gasteiger partial charge >= 0.3 is 38.7 Å². The van der Waals surface area contributed by atoms with Gasteiger partial charge in [-0.1, -0.05) is 12.2 Å². The molecule has 2 fully saturated rings. The third-order valence-electron chi connectivity index (χ3n) is 6.35. The highest BCUT2D eigenvalue weighted by Gasteiger charge is 2.55. The van der Waals surface area contributed by atoms with Gasteiger partial charge in [-0.15, -0.1) is 9.05 Å². The summed E-state index contributed by atoms with van der Waals surface area (Å²) in [4.78, 5) is 36.2. The van der Waals surface area contributed by atoms with E-state index in [0.29, 0.717) is 11.2 Å². The number of aliphatic hydroxyl groups is 2. The van der Waals surface area contributed by atoms with Crippen LogP contribution in [-0.4, -0.2) is 76.9 Å². The summed E-state index contributed by atoms with van der Waals surface area (Å²) in [6.45, 7) is -0.983. The van der Waals surface area contributed by atoms with Crippen LogP contribution in [-0.2, 0) is 49.7 Å². The van der Waals surface area contributed by atoms with E-state index < -0.39 is 94.4 Å². The van der Waals surface area contributed by atoms with Gasteiger partial charge in [0.2, 0.25) is 0 Å². The van der Waals surface area contributed by atoms with Gasteiger partial charge in [0.25, 0.3) is 5.56 Å². The van der Waals surface area contributed by atoms with Crippen molar-refractivity contribution >= 4 is 56.4 Å². The quantitative estimate of drug-likeness (QED) is 0.136. The van der Waals surface area contributed by atoms with Crippen molar-refractivity contribution in [2.24, 2.45) is 0 Å². The summed E-state index contributed by atoms with van der Waals surface area (Å²) < 4.78 is 85.1. The largest absolute Gasteiger partial charge is 0.798 e. The molecule has 5 heterocycles. The fraction of sp³-hybridized carbons (Fsp3) is 0.526. The minimum absolute atomic E-state index is 0.0613. The highest BCUT2D eigenvalue weighted by Crippen LogP contribution is 2.51. The number of ether oxygens (including phenoxy) is 2. The number of H-pyrrole nitrogens is 2. The second-order valence-electron chi connectivity index (χ2n) is 9.17. The molecule has 21 nitrogen and oxygen atoms in total. The summed E-state index contributed by atoms with van der Waals surface area (Å²) in [7, 11) is -13.0. The minimum atomic E-state index is -3.37. The number of hydrogen-bond donors (Lipinski definition) is 4. The molecule has 0 aliphatic carbocycles. The average molecular weight is 730 g/mol. The van der Waals surface area contributed by atoms with Gasteiger partial charge in [0.05, 0.1) is 24.9 Å². The molecule has 10 atom stereocenters. The molecule has 5 rings (SSSR count). The Morgan fingerprint density at radius 3 is 2.02 bits per heavy atom. The number of rotatable bonds is 14. The van der Waals surface area contributed by atoms with E-state index in [2.05, 4.69) is 27.9 Å². The van der Waals surface area contributed by atoms with Crippen LogP contribution in [0.5, 0.6) is 0 Å². The zero-order valence-corrected chi connectivity index (χ0v) is 26.7. The molecule has 0 radical (unpaired) electrons. The van der Waals surface area contributed by atoms with E-state index in [-0.39, 0.29) is 17.5 Å². The van der Waals surface area contributed by atoms with Crippen LogP contribution in [0, 0.1) is 4.64 Å². The summed E-state index contributed by atoms with van der Waals surface area (Å²) in [5.41, 5.74) is -0.444. The molecule has 2 saturated heterocycles. The second kappa shape index (κ2) is 14.9. The Bertz CT molecular complexity index is 1800. The number of hydrogen-bond acceptors (Lipinski definition) is 18. The third-order valence-corrected chi connectivity index (χ3v) is 10.6. The van der Waals surface area contributed by atoms with Crippen LogP contribution < -0.4 is 11.2 Å². The molecule has 2 aliphatic rings. The van der Waals surface area contributed by atoms with Crippen LogP contribution in [0.1, 0.15) is 25.3 Å². The first-order valence-corrected chi connectivity index (χ1v) is 17.4. The SMILES string of the molecule is O=c1ccn([C@H]2C[C@H](O)[C@@H](CO[P+](=O)O[P+](=O)O[P+](=O)O[P+](=O)OC[C@@H]3O[C@H](n4cnc5c(=S)nc[nH]c54)C[C@H]3O)O2)c(=O)[nH]1. The summed E-state index contributed by atoms with van der Waals surface area (Å²) in [6.07, 6.45) is -1.81. The number of nitrogens with zero attached hydrogens (tertiary/aromatic N) is 4. The predicted octanol–water partition coefficient (Wildman–Crippen LogP) is 2.05. The van der Waals surface area contributed by atoms with Gasteiger partial charge in [0, 0.05) is 43.4 Å². The van der Waals surface area contributed by atoms with Gasteiger partial charge in [-0.25, -0.2) is 14.8 Å². The van der Waals surface area contributed by atoms with Crippen LogP contribution in [0.4, 0.5) is 0 Å². The topological polar surface area (TPSA) is 275 Å². The summed E-state index contributed by atoms with van der Waals surface area (Å²) in [5.74, 6) is 0. The second-order valence-corrected chi connectivity index (χ2v) is 13.8. The fourth-order valence-corrected chi connectivity index (χ4v) is 7.52. The lowest BCUT2D eigenvalue weighted by Gasteiger charge is -2.13. The standard InChI is InChI=1S/C19H20N6O15P4S/c26-9-3-14(24-2-1-13(28)23-19(24)29)36-11(9)5-34-41(30)38-43(32)40-44(33)39-42(31)35-6-12-10(27)4-15(37-12)25-8-22-16-17(25)20-7-21-18(16)45/h1-2,7-12,14-15,26-27H,3-6H2/q+2/p+2/t9-,10+,11+,12-,14+,15-/m0/s1. The van der Waals surface area contributed by atoms with Crippen LogP contribution in [0.25, 0.3) is 11.2 Å². The Labute approximate surface area is 258 Å². The summed E-state index contributed by atoms with van der Waals surface area (Å²) in [5, 5.41) is 20.5. The molecule has 2 aliphatic heterocycles. The molecular weight excluding hydrogens is 708 g/mol. The van der Waals surface area contributed by atoms with Crippen LogP contribution in [0.15, 0.2) is 34.5 Å². The minimum Gasteiger partial charge on any atom is -0.390 e. The predicted molar refractivity (Wildman–Crippen MR) is 149 cm³/mol. The van der Waals surface area contributed by atoms with Crippen molar-refractivity contribution in [3.63, 3.8) is 0 Å². The first kappa shape index (κ1) is 33.8. The first-order chi connectivity index (χ1) is 21.5. The zero-order valence-electron chi connectivity index (χ0n) is 22.3. The smallest absolute Gasteiger partial charge is 0.390 e. The van der Waals surface area contributed by atoms with E-state index in [1.54, 1.807) is 4.57 Å². The van der Waals surface area contributed by atoms with Crippen molar-refractivity contribution in [1.29, 1.82) is 0 Å². The Kier molecular flexibility index (Phi) is 11.2. The highest BCUT2D eigenvalue weighted by molar-refractivity contribution is 7.71. The van der Waals surface area contributed by atoms with Crippen LogP contribution in [0.3, 0.4) is 0 Å². The zero-order chi connectivity index (χ0) is 32.2. The molecule has 4 unspecified atom stereocenters. The molecule has 240 valence electrons. The average Bonchev–Trinajstić information content (AvgIpc) is 3.67. The number of fused-ring (bicyclic) bond motifs is 1. The molecule has 45 heavy (non-hydrogen) atoms. The maximum Gasteiger partial charge on any atom is 0.798 e. The number of aromatic amines is 2. The van der Waals surface area contributed by atoms with Gasteiger partial charge in [0.15, 0.2) is 17.6 Å². The Morgan fingerprint density at radius 1 is 0.889 bits per heavy atom. The van der Waals surface area contributed by atoms with E-state index in [4.69, 9.17) is 30.7 Å². The molecule has 0 saturated carbocycles. The van der Waals surface area contributed by atoms with Crippen molar-refractivity contribution in [2.75, 3.05) is 13.2 Å². The molecule has 0 bridgehead atoms. The van der Waals surface area contributed by atoms with Crippen molar-refractivity contribution < 1.29 is 59.9 Å². The van der Waals surface area contributed by atoms with Crippen LogP contribution in [0.2, 0.25) is 0 Å². The number of nitrogens with one attached hydrogen (secondary N) is 2. The molecule has 4 N–H and O–H groups in total. The van der Waals surface area contributed by atoms with Gasteiger partial charge < -0.3 is 24.7 Å². The molecule has 3 aromatic heterocycles. The Morgan fingerprint density at radius 2 is 1.44 bits per heavy atom. The highest BCUT2D eigenvalue weighted by atomic mass is 32.1. The molecule has 0 amide bonds. The molecule has 0 aromatic carbocycles. The molecule has 0 spiro atoms. The van der Waals surface area contributed by atoms with E-state index in [1.807, 2.05) is 4.98 Å². The lowest BCUT2D eigenvalue weighted by Crippen LogP contribution is -2.31. The van der Waals surface area contributed by atoms with E-state index in [9.17, 15) is 38.1 Å². The van der Waals surface area contributed by atoms with Gasteiger partial charge in [-0.05, 0) is 0 Å². The van der Waals surface area contributed by atoms with Crippen molar-refractivity contribution in [1.82, 2.24) is 29.1 Å². The first-order valence-electron chi connectivity index (χ1n) is 12.6. The van der Waals surface area contributed by atoms with E-state index >= 15 is 0 Å². The van der Waals surface area contributed by atoms with Gasteiger partial charge in [0.1, 0.15) is 49.0 Å². The summed E-state index contributed by atoms with van der Waals surface area (Å²) in [6, 6.07) is 1.09. The Balaban J connectivity index is 1.01. The van der Waals surface area contributed by atoms with Crippen LogP contribution >= 0.6 is 45.2 Å². The lowest BCUT2D eigenvalue weighted by molar-refractivity contribution is -0.0410. The van der Waals surface area contributed by atoms with Gasteiger partial charge in [-0.2, -0.15) is 0 Å². The van der Waals surface area contributed by atoms with Crippen molar-refractivity contribution in [3.8, 4) is 0 Å². The van der Waals surface area contributed by atoms with Gasteiger partial charge in [-0.3, -0.25) is 18.9 Å². The molecular formula is C19H22N6O15P4S+4. The molecule has 26 heteroatoms. The number of aliphatic hydroxyl groups excluding tert-OH is 2. The lowest BCUT2D eigenvalue weighted by atomic mass is 10.2.